The van der Waals surface area contributed by atoms with Gasteiger partial charge in [-0.2, -0.15) is 0 Å². The number of carbonyl (C=O) groups is 2. The zero-order chi connectivity index (χ0) is 18.1. The summed E-state index contributed by atoms with van der Waals surface area (Å²) in [6.45, 7) is 2.28. The van der Waals surface area contributed by atoms with Gasteiger partial charge in [0.05, 0.1) is 23.1 Å². The quantitative estimate of drug-likeness (QED) is 0.777. The van der Waals surface area contributed by atoms with Crippen molar-refractivity contribution in [3.8, 4) is 5.75 Å². The lowest BCUT2D eigenvalue weighted by atomic mass is 10.2. The number of hydrogen-bond donors (Lipinski definition) is 1. The number of benzene rings is 1. The third-order valence-electron chi connectivity index (χ3n) is 4.11. The number of hydrogen-bond acceptors (Lipinski definition) is 3. The van der Waals surface area contributed by atoms with Crippen molar-refractivity contribution >= 4 is 35.0 Å². The molecule has 1 N–H and O–H groups in total. The number of likely N-dealkylation sites (tertiary alicyclic amines) is 1. The minimum atomic E-state index is -0.135. The fourth-order valence-corrected chi connectivity index (χ4v) is 2.99. The number of halogens is 2. The fraction of sp³-hybridized carbons (Fsp3) is 0.556. The molecule has 0 spiro atoms. The van der Waals surface area contributed by atoms with Crippen LogP contribution in [0.3, 0.4) is 0 Å². The molecule has 0 bridgehead atoms. The Labute approximate surface area is 158 Å². The number of nitrogens with one attached hydrogen (secondary N) is 1. The molecule has 5 nitrogen and oxygen atoms in total. The van der Waals surface area contributed by atoms with E-state index in [0.717, 1.165) is 25.9 Å². The van der Waals surface area contributed by atoms with Gasteiger partial charge in [-0.05, 0) is 25.0 Å². The first-order valence-corrected chi connectivity index (χ1v) is 9.44. The largest absolute Gasteiger partial charge is 0.493 e. The Morgan fingerprint density at radius 3 is 2.44 bits per heavy atom. The molecule has 0 aromatic heterocycles. The van der Waals surface area contributed by atoms with Crippen LogP contribution in [0.1, 0.15) is 38.5 Å². The standard InChI is InChI=1S/C18H24Cl2N2O3/c19-15-6-5-14(13-16(15)20)25-12-8-17(23)21-9-7-18(24)22-10-3-1-2-4-11-22/h5-6,13H,1-4,7-12H2,(H,21,23). The van der Waals surface area contributed by atoms with Crippen LogP contribution in [0.2, 0.25) is 10.0 Å². The van der Waals surface area contributed by atoms with Crippen molar-refractivity contribution in [2.45, 2.75) is 38.5 Å². The molecule has 2 rings (SSSR count). The van der Waals surface area contributed by atoms with Crippen LogP contribution in [0.4, 0.5) is 0 Å². The lowest BCUT2D eigenvalue weighted by Gasteiger charge is -2.20. The minimum Gasteiger partial charge on any atom is -0.493 e. The Hall–Kier alpha value is -1.46. The van der Waals surface area contributed by atoms with E-state index in [-0.39, 0.29) is 24.8 Å². The third kappa shape index (κ3) is 7.12. The van der Waals surface area contributed by atoms with Crippen LogP contribution >= 0.6 is 23.2 Å². The van der Waals surface area contributed by atoms with Gasteiger partial charge in [0.15, 0.2) is 0 Å². The summed E-state index contributed by atoms with van der Waals surface area (Å²) in [6.07, 6.45) is 5.10. The minimum absolute atomic E-state index is 0.120. The topological polar surface area (TPSA) is 58.6 Å². The third-order valence-corrected chi connectivity index (χ3v) is 4.85. The van der Waals surface area contributed by atoms with E-state index in [1.165, 1.54) is 12.8 Å². The predicted octanol–water partition coefficient (Wildman–Crippen LogP) is 3.67. The predicted molar refractivity (Wildman–Crippen MR) is 99.2 cm³/mol. The highest BCUT2D eigenvalue weighted by molar-refractivity contribution is 6.42. The Balaban J connectivity index is 1.60. The molecule has 1 aliphatic rings. The molecule has 1 saturated heterocycles. The monoisotopic (exact) mass is 386 g/mol. The highest BCUT2D eigenvalue weighted by atomic mass is 35.5. The first-order valence-electron chi connectivity index (χ1n) is 8.68. The van der Waals surface area contributed by atoms with E-state index >= 15 is 0 Å². The average Bonchev–Trinajstić information content (AvgIpc) is 2.87. The molecule has 1 aliphatic heterocycles. The SMILES string of the molecule is O=C(CCOc1ccc(Cl)c(Cl)c1)NCCC(=O)N1CCCCCC1. The molecule has 0 radical (unpaired) electrons. The van der Waals surface area contributed by atoms with Gasteiger partial charge >= 0.3 is 0 Å². The Morgan fingerprint density at radius 1 is 1.04 bits per heavy atom. The lowest BCUT2D eigenvalue weighted by Crippen LogP contribution is -2.35. The molecule has 0 saturated carbocycles. The Bertz CT molecular complexity index is 588. The molecule has 0 atom stereocenters. The average molecular weight is 387 g/mol. The first-order chi connectivity index (χ1) is 12.1. The second-order valence-corrected chi connectivity index (χ2v) is 6.88. The van der Waals surface area contributed by atoms with E-state index in [1.807, 2.05) is 4.90 Å². The van der Waals surface area contributed by atoms with Crippen LogP contribution in [0.25, 0.3) is 0 Å². The summed E-state index contributed by atoms with van der Waals surface area (Å²) in [5.74, 6) is 0.552. The van der Waals surface area contributed by atoms with Crippen molar-refractivity contribution in [1.29, 1.82) is 0 Å². The van der Waals surface area contributed by atoms with Gasteiger partial charge < -0.3 is 15.0 Å². The molecule has 7 heteroatoms. The van der Waals surface area contributed by atoms with E-state index in [0.29, 0.717) is 28.8 Å². The molecule has 1 aromatic carbocycles. The van der Waals surface area contributed by atoms with Crippen molar-refractivity contribution in [3.05, 3.63) is 28.2 Å². The molecular weight excluding hydrogens is 363 g/mol. The summed E-state index contributed by atoms with van der Waals surface area (Å²) in [5, 5.41) is 3.63. The molecule has 1 fully saturated rings. The van der Waals surface area contributed by atoms with Crippen molar-refractivity contribution in [2.75, 3.05) is 26.2 Å². The van der Waals surface area contributed by atoms with Crippen molar-refractivity contribution in [2.24, 2.45) is 0 Å². The van der Waals surface area contributed by atoms with E-state index in [2.05, 4.69) is 5.32 Å². The van der Waals surface area contributed by atoms with Gasteiger partial charge in [-0.25, -0.2) is 0 Å². The summed E-state index contributed by atoms with van der Waals surface area (Å²) in [5.41, 5.74) is 0. The van der Waals surface area contributed by atoms with Gasteiger partial charge in [0, 0.05) is 32.1 Å². The zero-order valence-electron chi connectivity index (χ0n) is 14.2. The number of rotatable bonds is 7. The summed E-state index contributed by atoms with van der Waals surface area (Å²) in [7, 11) is 0. The molecule has 1 aromatic rings. The summed E-state index contributed by atoms with van der Waals surface area (Å²) < 4.78 is 5.47. The van der Waals surface area contributed by atoms with Crippen LogP contribution in [0.15, 0.2) is 18.2 Å². The number of amides is 2. The molecule has 138 valence electrons. The Morgan fingerprint density at radius 2 is 1.76 bits per heavy atom. The van der Waals surface area contributed by atoms with Gasteiger partial charge in [-0.15, -0.1) is 0 Å². The van der Waals surface area contributed by atoms with Crippen LogP contribution in [-0.4, -0.2) is 43.0 Å². The smallest absolute Gasteiger partial charge is 0.224 e. The second kappa shape index (κ2) is 10.5. The number of nitrogens with zero attached hydrogens (tertiary/aromatic N) is 1. The highest BCUT2D eigenvalue weighted by Gasteiger charge is 2.15. The van der Waals surface area contributed by atoms with Crippen LogP contribution in [0.5, 0.6) is 5.75 Å². The van der Waals surface area contributed by atoms with Crippen LogP contribution in [0, 0.1) is 0 Å². The highest BCUT2D eigenvalue weighted by Crippen LogP contribution is 2.26. The van der Waals surface area contributed by atoms with Crippen LogP contribution in [-0.2, 0) is 9.59 Å². The van der Waals surface area contributed by atoms with Gasteiger partial charge in [-0.1, -0.05) is 36.0 Å². The maximum atomic E-state index is 12.1. The summed E-state index contributed by atoms with van der Waals surface area (Å²) in [6, 6.07) is 4.96. The van der Waals surface area contributed by atoms with Gasteiger partial charge in [0.1, 0.15) is 5.75 Å². The normalized spacial score (nSPS) is 14.7. The fourth-order valence-electron chi connectivity index (χ4n) is 2.70. The van der Waals surface area contributed by atoms with E-state index in [1.54, 1.807) is 18.2 Å². The molecule has 0 aliphatic carbocycles. The maximum Gasteiger partial charge on any atom is 0.224 e. The van der Waals surface area contributed by atoms with Crippen molar-refractivity contribution < 1.29 is 14.3 Å². The van der Waals surface area contributed by atoms with Gasteiger partial charge in [-0.3, -0.25) is 9.59 Å². The lowest BCUT2D eigenvalue weighted by molar-refractivity contribution is -0.131. The van der Waals surface area contributed by atoms with Crippen LogP contribution < -0.4 is 10.1 Å². The summed E-state index contributed by atoms with van der Waals surface area (Å²) in [4.78, 5) is 25.8. The molecule has 2 amide bonds. The zero-order valence-corrected chi connectivity index (χ0v) is 15.7. The maximum absolute atomic E-state index is 12.1. The molecule has 25 heavy (non-hydrogen) atoms. The second-order valence-electron chi connectivity index (χ2n) is 6.07. The molecule has 0 unspecified atom stereocenters. The Kier molecular flexibility index (Phi) is 8.35. The van der Waals surface area contributed by atoms with E-state index < -0.39 is 0 Å². The number of ether oxygens (including phenoxy) is 1. The van der Waals surface area contributed by atoms with Crippen molar-refractivity contribution in [3.63, 3.8) is 0 Å². The summed E-state index contributed by atoms with van der Waals surface area (Å²) >= 11 is 11.7. The molecular formula is C18H24Cl2N2O3. The van der Waals surface area contributed by atoms with Gasteiger partial charge in [0.2, 0.25) is 11.8 Å². The van der Waals surface area contributed by atoms with Crippen molar-refractivity contribution in [1.82, 2.24) is 10.2 Å². The van der Waals surface area contributed by atoms with E-state index in [4.69, 9.17) is 27.9 Å². The van der Waals surface area contributed by atoms with Gasteiger partial charge in [0.25, 0.3) is 0 Å². The first kappa shape index (κ1) is 19.9. The number of carbonyl (C=O) groups excluding carboxylic acids is 2. The molecule has 1 heterocycles. The van der Waals surface area contributed by atoms with E-state index in [9.17, 15) is 9.59 Å².